The summed E-state index contributed by atoms with van der Waals surface area (Å²) in [6.45, 7) is 0.0862. The Labute approximate surface area is 136 Å². The van der Waals surface area contributed by atoms with Gasteiger partial charge in [0.1, 0.15) is 18.3 Å². The highest BCUT2D eigenvalue weighted by Gasteiger charge is 2.44. The zero-order chi connectivity index (χ0) is 17.3. The number of nitrogens with two attached hydrogens (primary N) is 1. The first kappa shape index (κ1) is 16.8. The van der Waals surface area contributed by atoms with Gasteiger partial charge in [0.2, 0.25) is 5.95 Å². The predicted octanol–water partition coefficient (Wildman–Crippen LogP) is -2.19. The third-order valence-corrected chi connectivity index (χ3v) is 3.86. The number of aromatic nitrogens is 4. The lowest BCUT2D eigenvalue weighted by molar-refractivity contribution is -0.0511. The highest BCUT2D eigenvalue weighted by molar-refractivity contribution is 5.84. The fourth-order valence-electron chi connectivity index (χ4n) is 2.64. The number of anilines is 2. The number of rotatable bonds is 6. The van der Waals surface area contributed by atoms with Gasteiger partial charge in [0.05, 0.1) is 12.9 Å². The molecule has 1 unspecified atom stereocenters. The van der Waals surface area contributed by atoms with E-state index >= 15 is 0 Å². The number of aliphatic hydroxyl groups excluding tert-OH is 4. The fraction of sp³-hybridized carbons (Fsp3) is 0.615. The average Bonchev–Trinajstić information content (AvgIpc) is 3.10. The maximum absolute atomic E-state index is 10.1. The molecule has 24 heavy (non-hydrogen) atoms. The summed E-state index contributed by atoms with van der Waals surface area (Å²) in [6, 6.07) is 0. The SMILES string of the molecule is Nc1nc(NCCCO)c2ncn(C3O[C@H](CO)[C@@H](O)[C@H]3O)c2n1. The van der Waals surface area contributed by atoms with E-state index < -0.39 is 31.1 Å². The minimum absolute atomic E-state index is 0.00231. The van der Waals surface area contributed by atoms with Crippen LogP contribution >= 0.6 is 0 Å². The topological polar surface area (TPSA) is 172 Å². The fourth-order valence-corrected chi connectivity index (χ4v) is 2.64. The Morgan fingerprint density at radius 3 is 2.71 bits per heavy atom. The van der Waals surface area contributed by atoms with Crippen molar-refractivity contribution in [3.05, 3.63) is 6.33 Å². The van der Waals surface area contributed by atoms with E-state index in [1.165, 1.54) is 10.9 Å². The van der Waals surface area contributed by atoms with Crippen molar-refractivity contribution in [2.45, 2.75) is 31.0 Å². The van der Waals surface area contributed by atoms with E-state index in [9.17, 15) is 15.3 Å². The molecule has 0 bridgehead atoms. The molecule has 2 aromatic heterocycles. The van der Waals surface area contributed by atoms with E-state index in [0.29, 0.717) is 29.9 Å². The van der Waals surface area contributed by atoms with E-state index in [1.54, 1.807) is 0 Å². The minimum atomic E-state index is -1.25. The molecule has 3 rings (SSSR count). The number of nitrogens with zero attached hydrogens (tertiary/aromatic N) is 4. The van der Waals surface area contributed by atoms with Crippen LogP contribution in [0.1, 0.15) is 12.6 Å². The van der Waals surface area contributed by atoms with Crippen molar-refractivity contribution in [1.29, 1.82) is 0 Å². The van der Waals surface area contributed by atoms with Crippen LogP contribution in [-0.4, -0.2) is 78.0 Å². The Morgan fingerprint density at radius 1 is 1.25 bits per heavy atom. The molecule has 132 valence electrons. The van der Waals surface area contributed by atoms with Crippen LogP contribution in [0.2, 0.25) is 0 Å². The van der Waals surface area contributed by atoms with Crippen LogP contribution in [-0.2, 0) is 4.74 Å². The monoisotopic (exact) mass is 340 g/mol. The summed E-state index contributed by atoms with van der Waals surface area (Å²) in [5.74, 6) is 0.402. The smallest absolute Gasteiger partial charge is 0.224 e. The summed E-state index contributed by atoms with van der Waals surface area (Å²) >= 11 is 0. The lowest BCUT2D eigenvalue weighted by Gasteiger charge is -2.16. The van der Waals surface area contributed by atoms with Crippen LogP contribution < -0.4 is 11.1 Å². The van der Waals surface area contributed by atoms with Gasteiger partial charge in [0.25, 0.3) is 0 Å². The van der Waals surface area contributed by atoms with E-state index in [1.807, 2.05) is 0 Å². The molecular formula is C13H20N6O5. The second kappa shape index (κ2) is 6.83. The first-order valence-electron chi connectivity index (χ1n) is 7.54. The Hall–Kier alpha value is -2.05. The number of fused-ring (bicyclic) bond motifs is 1. The summed E-state index contributed by atoms with van der Waals surface area (Å²) in [6.07, 6.45) is -2.40. The second-order valence-corrected chi connectivity index (χ2v) is 5.49. The normalized spacial score (nSPS) is 27.0. The number of nitrogens with one attached hydrogen (secondary N) is 1. The molecule has 7 N–H and O–H groups in total. The van der Waals surface area contributed by atoms with E-state index in [0.717, 1.165) is 0 Å². The summed E-state index contributed by atoms with van der Waals surface area (Å²) in [5, 5.41) is 41.1. The maximum Gasteiger partial charge on any atom is 0.224 e. The average molecular weight is 340 g/mol. The summed E-state index contributed by atoms with van der Waals surface area (Å²) < 4.78 is 6.92. The maximum atomic E-state index is 10.1. The van der Waals surface area contributed by atoms with Gasteiger partial charge in [-0.15, -0.1) is 0 Å². The van der Waals surface area contributed by atoms with Gasteiger partial charge in [-0.1, -0.05) is 0 Å². The number of aliphatic hydroxyl groups is 4. The van der Waals surface area contributed by atoms with Gasteiger partial charge in [-0.05, 0) is 6.42 Å². The van der Waals surface area contributed by atoms with E-state index in [2.05, 4.69) is 20.3 Å². The third kappa shape index (κ3) is 2.87. The van der Waals surface area contributed by atoms with Gasteiger partial charge in [-0.3, -0.25) is 4.57 Å². The van der Waals surface area contributed by atoms with E-state index in [-0.39, 0.29) is 12.6 Å². The first-order valence-corrected chi connectivity index (χ1v) is 7.54. The summed E-state index contributed by atoms with van der Waals surface area (Å²) in [4.78, 5) is 12.4. The van der Waals surface area contributed by atoms with Crippen LogP contribution in [0, 0.1) is 0 Å². The minimum Gasteiger partial charge on any atom is -0.396 e. The molecule has 11 heteroatoms. The summed E-state index contributed by atoms with van der Waals surface area (Å²) in [7, 11) is 0. The zero-order valence-corrected chi connectivity index (χ0v) is 12.8. The Bertz CT molecular complexity index is 709. The quantitative estimate of drug-likeness (QED) is 0.317. The standard InChI is InChI=1S/C13H20N6O5/c14-13-17-10(15-2-1-3-20)7-11(18-13)19(5-16-7)12-9(23)8(22)6(4-21)24-12/h5-6,8-9,12,20-23H,1-4H2,(H3,14,15,17,18)/t6-,8-,9-,12?/m1/s1. The van der Waals surface area contributed by atoms with Crippen LogP contribution in [0.5, 0.6) is 0 Å². The van der Waals surface area contributed by atoms with Crippen LogP contribution in [0.15, 0.2) is 6.33 Å². The van der Waals surface area contributed by atoms with Gasteiger partial charge >= 0.3 is 0 Å². The largest absolute Gasteiger partial charge is 0.396 e. The number of hydrogen-bond donors (Lipinski definition) is 6. The highest BCUT2D eigenvalue weighted by atomic mass is 16.6. The molecule has 11 nitrogen and oxygen atoms in total. The molecule has 3 heterocycles. The van der Waals surface area contributed by atoms with E-state index in [4.69, 9.17) is 15.6 Å². The molecular weight excluding hydrogens is 320 g/mol. The third-order valence-electron chi connectivity index (χ3n) is 3.86. The van der Waals surface area contributed by atoms with Gasteiger partial charge in [0.15, 0.2) is 23.2 Å². The van der Waals surface area contributed by atoms with Gasteiger partial charge in [0, 0.05) is 13.2 Å². The Morgan fingerprint density at radius 2 is 2.04 bits per heavy atom. The second-order valence-electron chi connectivity index (χ2n) is 5.49. The number of imidazole rings is 1. The number of nitrogen functional groups attached to an aromatic ring is 1. The molecule has 0 aromatic carbocycles. The molecule has 0 spiro atoms. The lowest BCUT2D eigenvalue weighted by Crippen LogP contribution is -2.33. The molecule has 0 saturated carbocycles. The predicted molar refractivity (Wildman–Crippen MR) is 82.9 cm³/mol. The van der Waals surface area contributed by atoms with Crippen molar-refractivity contribution in [3.8, 4) is 0 Å². The van der Waals surface area contributed by atoms with Crippen molar-refractivity contribution in [1.82, 2.24) is 19.5 Å². The Kier molecular flexibility index (Phi) is 4.78. The van der Waals surface area contributed by atoms with Gasteiger partial charge < -0.3 is 36.2 Å². The van der Waals surface area contributed by atoms with Crippen LogP contribution in [0.25, 0.3) is 11.2 Å². The molecule has 0 aliphatic carbocycles. The van der Waals surface area contributed by atoms with Crippen molar-refractivity contribution >= 4 is 22.9 Å². The van der Waals surface area contributed by atoms with Gasteiger partial charge in [-0.25, -0.2) is 4.98 Å². The molecule has 4 atom stereocenters. The lowest BCUT2D eigenvalue weighted by atomic mass is 10.1. The van der Waals surface area contributed by atoms with Crippen molar-refractivity contribution in [2.24, 2.45) is 0 Å². The highest BCUT2D eigenvalue weighted by Crippen LogP contribution is 2.32. The molecule has 2 aromatic rings. The first-order chi connectivity index (χ1) is 11.6. The molecule has 1 fully saturated rings. The van der Waals surface area contributed by atoms with Crippen molar-refractivity contribution in [2.75, 3.05) is 30.8 Å². The molecule has 0 amide bonds. The molecule has 1 aliphatic rings. The van der Waals surface area contributed by atoms with Crippen molar-refractivity contribution in [3.63, 3.8) is 0 Å². The zero-order valence-electron chi connectivity index (χ0n) is 12.8. The molecule has 1 saturated heterocycles. The molecule has 1 aliphatic heterocycles. The number of ether oxygens (including phenoxy) is 1. The van der Waals surface area contributed by atoms with Crippen LogP contribution in [0.3, 0.4) is 0 Å². The van der Waals surface area contributed by atoms with Crippen molar-refractivity contribution < 1.29 is 25.2 Å². The Balaban J connectivity index is 1.95. The number of hydrogen-bond acceptors (Lipinski definition) is 10. The summed E-state index contributed by atoms with van der Waals surface area (Å²) in [5.41, 5.74) is 6.47. The molecule has 0 radical (unpaired) electrons. The van der Waals surface area contributed by atoms with Gasteiger partial charge in [-0.2, -0.15) is 9.97 Å². The van der Waals surface area contributed by atoms with Crippen LogP contribution in [0.4, 0.5) is 11.8 Å².